The third-order valence-corrected chi connectivity index (χ3v) is 2.95. The van der Waals surface area contributed by atoms with Crippen molar-refractivity contribution in [2.75, 3.05) is 13.7 Å². The van der Waals surface area contributed by atoms with Crippen LogP contribution in [-0.4, -0.2) is 13.7 Å². The molecule has 0 bridgehead atoms. The van der Waals surface area contributed by atoms with Gasteiger partial charge in [-0.15, -0.1) is 0 Å². The van der Waals surface area contributed by atoms with Crippen LogP contribution in [0.3, 0.4) is 0 Å². The lowest BCUT2D eigenvalue weighted by atomic mass is 9.97. The van der Waals surface area contributed by atoms with Crippen molar-refractivity contribution >= 4 is 0 Å². The molecular formula is C12H15F2NO. The van der Waals surface area contributed by atoms with Crippen LogP contribution >= 0.6 is 0 Å². The summed E-state index contributed by atoms with van der Waals surface area (Å²) in [6, 6.07) is 2.93. The van der Waals surface area contributed by atoms with E-state index in [2.05, 4.69) is 5.32 Å². The Hall–Kier alpha value is -1.16. The molecule has 4 heteroatoms. The standard InChI is InChI=1S/C12H15F2NO/c1-16-11-7-8(6-9(13)12(11)14)10-4-2-3-5-15-10/h6-7,10,15H,2-5H2,1H3/t10-/m1/s1. The summed E-state index contributed by atoms with van der Waals surface area (Å²) >= 11 is 0. The van der Waals surface area contributed by atoms with Crippen molar-refractivity contribution in [3.8, 4) is 5.75 Å². The molecule has 16 heavy (non-hydrogen) atoms. The van der Waals surface area contributed by atoms with Crippen LogP contribution in [0.4, 0.5) is 8.78 Å². The average molecular weight is 227 g/mol. The molecule has 0 unspecified atom stereocenters. The molecule has 1 aliphatic rings. The van der Waals surface area contributed by atoms with Gasteiger partial charge in [-0.1, -0.05) is 6.42 Å². The Morgan fingerprint density at radius 1 is 1.31 bits per heavy atom. The van der Waals surface area contributed by atoms with Gasteiger partial charge in [-0.05, 0) is 37.1 Å². The average Bonchev–Trinajstić information content (AvgIpc) is 2.33. The summed E-state index contributed by atoms with van der Waals surface area (Å²) in [4.78, 5) is 0. The number of benzene rings is 1. The lowest BCUT2D eigenvalue weighted by Crippen LogP contribution is -2.26. The number of hydrogen-bond donors (Lipinski definition) is 1. The van der Waals surface area contributed by atoms with Crippen LogP contribution in [0.5, 0.6) is 5.75 Å². The number of rotatable bonds is 2. The Labute approximate surface area is 93.6 Å². The molecule has 88 valence electrons. The molecule has 1 atom stereocenters. The van der Waals surface area contributed by atoms with E-state index in [1.807, 2.05) is 0 Å². The van der Waals surface area contributed by atoms with E-state index in [-0.39, 0.29) is 11.8 Å². The van der Waals surface area contributed by atoms with Gasteiger partial charge < -0.3 is 10.1 Å². The van der Waals surface area contributed by atoms with Gasteiger partial charge >= 0.3 is 0 Å². The van der Waals surface area contributed by atoms with E-state index in [9.17, 15) is 8.78 Å². The van der Waals surface area contributed by atoms with Crippen LogP contribution < -0.4 is 10.1 Å². The molecule has 0 radical (unpaired) electrons. The maximum absolute atomic E-state index is 13.3. The first-order chi connectivity index (χ1) is 7.72. The van der Waals surface area contributed by atoms with Gasteiger partial charge in [0.05, 0.1) is 7.11 Å². The van der Waals surface area contributed by atoms with Crippen molar-refractivity contribution in [3.63, 3.8) is 0 Å². The Morgan fingerprint density at radius 2 is 2.12 bits per heavy atom. The van der Waals surface area contributed by atoms with Gasteiger partial charge in [0, 0.05) is 6.04 Å². The second-order valence-corrected chi connectivity index (χ2v) is 4.02. The highest BCUT2D eigenvalue weighted by Gasteiger charge is 2.19. The molecule has 0 saturated carbocycles. The molecule has 1 aliphatic heterocycles. The molecule has 1 N–H and O–H groups in total. The molecule has 0 aromatic heterocycles. The quantitative estimate of drug-likeness (QED) is 0.838. The minimum atomic E-state index is -0.915. The Kier molecular flexibility index (Phi) is 3.39. The van der Waals surface area contributed by atoms with E-state index in [0.717, 1.165) is 31.4 Å². The zero-order chi connectivity index (χ0) is 11.5. The second kappa shape index (κ2) is 4.78. The summed E-state index contributed by atoms with van der Waals surface area (Å²) in [5.74, 6) is -1.79. The van der Waals surface area contributed by atoms with Gasteiger partial charge in [0.25, 0.3) is 0 Å². The minimum absolute atomic E-state index is 0.0256. The highest BCUT2D eigenvalue weighted by atomic mass is 19.2. The molecule has 1 heterocycles. The normalized spacial score (nSPS) is 20.8. The van der Waals surface area contributed by atoms with Crippen LogP contribution in [0, 0.1) is 11.6 Å². The van der Waals surface area contributed by atoms with E-state index < -0.39 is 11.6 Å². The van der Waals surface area contributed by atoms with E-state index >= 15 is 0 Å². The second-order valence-electron chi connectivity index (χ2n) is 4.02. The number of halogens is 2. The van der Waals surface area contributed by atoms with Crippen molar-refractivity contribution in [2.45, 2.75) is 25.3 Å². The zero-order valence-corrected chi connectivity index (χ0v) is 9.22. The predicted molar refractivity (Wildman–Crippen MR) is 57.5 cm³/mol. The molecule has 0 amide bonds. The van der Waals surface area contributed by atoms with Crippen molar-refractivity contribution in [1.29, 1.82) is 0 Å². The third-order valence-electron chi connectivity index (χ3n) is 2.95. The van der Waals surface area contributed by atoms with Crippen molar-refractivity contribution < 1.29 is 13.5 Å². The smallest absolute Gasteiger partial charge is 0.200 e. The van der Waals surface area contributed by atoms with Gasteiger partial charge in [-0.25, -0.2) is 4.39 Å². The van der Waals surface area contributed by atoms with Gasteiger partial charge in [0.2, 0.25) is 5.82 Å². The highest BCUT2D eigenvalue weighted by molar-refractivity contribution is 5.33. The number of piperidine rings is 1. The van der Waals surface area contributed by atoms with Crippen molar-refractivity contribution in [3.05, 3.63) is 29.3 Å². The van der Waals surface area contributed by atoms with Gasteiger partial charge in [-0.3, -0.25) is 0 Å². The molecule has 0 spiro atoms. The summed E-state index contributed by atoms with van der Waals surface area (Å²) in [6.45, 7) is 0.923. The van der Waals surface area contributed by atoms with E-state index in [1.165, 1.54) is 13.2 Å². The monoisotopic (exact) mass is 227 g/mol. The van der Waals surface area contributed by atoms with Crippen molar-refractivity contribution in [2.24, 2.45) is 0 Å². The predicted octanol–water partition coefficient (Wildman–Crippen LogP) is 2.79. The van der Waals surface area contributed by atoms with Crippen LogP contribution in [0.2, 0.25) is 0 Å². The van der Waals surface area contributed by atoms with Gasteiger partial charge in [0.1, 0.15) is 0 Å². The molecule has 1 aromatic carbocycles. The first kappa shape index (κ1) is 11.3. The first-order valence-corrected chi connectivity index (χ1v) is 5.48. The van der Waals surface area contributed by atoms with Crippen LogP contribution in [0.1, 0.15) is 30.9 Å². The maximum atomic E-state index is 13.3. The summed E-state index contributed by atoms with van der Waals surface area (Å²) in [6.07, 6.45) is 3.20. The Balaban J connectivity index is 2.29. The molecule has 1 saturated heterocycles. The van der Waals surface area contributed by atoms with Crippen LogP contribution in [-0.2, 0) is 0 Å². The topological polar surface area (TPSA) is 21.3 Å². The van der Waals surface area contributed by atoms with Crippen molar-refractivity contribution in [1.82, 2.24) is 5.32 Å². The fraction of sp³-hybridized carbons (Fsp3) is 0.500. The summed E-state index contributed by atoms with van der Waals surface area (Å²) in [5, 5.41) is 3.29. The van der Waals surface area contributed by atoms with E-state index in [1.54, 1.807) is 6.07 Å². The summed E-state index contributed by atoms with van der Waals surface area (Å²) in [5.41, 5.74) is 0.760. The fourth-order valence-corrected chi connectivity index (χ4v) is 2.07. The number of hydrogen-bond acceptors (Lipinski definition) is 2. The minimum Gasteiger partial charge on any atom is -0.494 e. The largest absolute Gasteiger partial charge is 0.494 e. The molecule has 1 fully saturated rings. The zero-order valence-electron chi connectivity index (χ0n) is 9.22. The first-order valence-electron chi connectivity index (χ1n) is 5.48. The molecule has 2 nitrogen and oxygen atoms in total. The fourth-order valence-electron chi connectivity index (χ4n) is 2.07. The third kappa shape index (κ3) is 2.16. The summed E-state index contributed by atoms with van der Waals surface area (Å²) in [7, 11) is 1.34. The van der Waals surface area contributed by atoms with Crippen LogP contribution in [0.25, 0.3) is 0 Å². The maximum Gasteiger partial charge on any atom is 0.200 e. The van der Waals surface area contributed by atoms with Crippen LogP contribution in [0.15, 0.2) is 12.1 Å². The van der Waals surface area contributed by atoms with Gasteiger partial charge in [-0.2, -0.15) is 4.39 Å². The lowest BCUT2D eigenvalue weighted by molar-refractivity contribution is 0.364. The lowest BCUT2D eigenvalue weighted by Gasteiger charge is -2.24. The van der Waals surface area contributed by atoms with E-state index in [0.29, 0.717) is 0 Å². The summed E-state index contributed by atoms with van der Waals surface area (Å²) < 4.78 is 31.3. The molecule has 0 aliphatic carbocycles. The SMILES string of the molecule is COc1cc([C@H]2CCCCN2)cc(F)c1F. The number of nitrogens with one attached hydrogen (secondary N) is 1. The highest BCUT2D eigenvalue weighted by Crippen LogP contribution is 2.29. The molecule has 2 rings (SSSR count). The Morgan fingerprint density at radius 3 is 2.75 bits per heavy atom. The van der Waals surface area contributed by atoms with Gasteiger partial charge in [0.15, 0.2) is 11.6 Å². The molecule has 1 aromatic rings. The van der Waals surface area contributed by atoms with E-state index in [4.69, 9.17) is 4.74 Å². The number of ether oxygens (including phenoxy) is 1. The Bertz CT molecular complexity index is 376. The molecular weight excluding hydrogens is 212 g/mol. The number of methoxy groups -OCH3 is 1.